The molecule has 0 bridgehead atoms. The minimum Gasteiger partial charge on any atom is -1.00 e. The van der Waals surface area contributed by atoms with E-state index < -0.39 is 10.0 Å². The van der Waals surface area contributed by atoms with Gasteiger partial charge in [-0.1, -0.05) is 24.3 Å². The molecule has 1 aliphatic rings. The third-order valence-electron chi connectivity index (χ3n) is 4.28. The summed E-state index contributed by atoms with van der Waals surface area (Å²) in [7, 11) is 0.482. The predicted molar refractivity (Wildman–Crippen MR) is 104 cm³/mol. The van der Waals surface area contributed by atoms with E-state index in [1.54, 1.807) is 17.0 Å². The Kier molecular flexibility index (Phi) is 6.51. The first kappa shape index (κ1) is 21.2. The lowest BCUT2D eigenvalue weighted by Gasteiger charge is -2.26. The molecule has 2 N–H and O–H groups in total. The van der Waals surface area contributed by atoms with Crippen LogP contribution >= 0.6 is 0 Å². The molecule has 0 atom stereocenters. The highest BCUT2D eigenvalue weighted by Gasteiger charge is 2.27. The fraction of sp³-hybridized carbons (Fsp3) is 0.316. The molecular formula is C19H24ClN3O3S. The van der Waals surface area contributed by atoms with Crippen molar-refractivity contribution in [3.05, 3.63) is 53.6 Å². The molecule has 6 nitrogen and oxygen atoms in total. The number of carbonyl (C=O) groups is 1. The summed E-state index contributed by atoms with van der Waals surface area (Å²) in [5, 5.41) is 0. The van der Waals surface area contributed by atoms with Crippen molar-refractivity contribution >= 4 is 33.0 Å². The number of nitrogens with zero attached hydrogens (tertiary/aromatic N) is 1. The number of aryl methyl sites for hydroxylation is 2. The normalized spacial score (nSPS) is 13.3. The van der Waals surface area contributed by atoms with Crippen LogP contribution in [0.4, 0.5) is 17.1 Å². The molecule has 0 aliphatic carbocycles. The molecule has 0 aromatic heterocycles. The van der Waals surface area contributed by atoms with Crippen molar-refractivity contribution in [3.8, 4) is 0 Å². The lowest BCUT2D eigenvalue weighted by atomic mass is 10.0. The van der Waals surface area contributed by atoms with Gasteiger partial charge in [0.2, 0.25) is 10.0 Å². The summed E-state index contributed by atoms with van der Waals surface area (Å²) in [6, 6.07) is 13.3. The zero-order valence-corrected chi connectivity index (χ0v) is 17.2. The highest BCUT2D eigenvalue weighted by atomic mass is 35.5. The van der Waals surface area contributed by atoms with E-state index in [1.807, 2.05) is 44.4 Å². The molecule has 2 aromatic carbocycles. The molecular weight excluding hydrogens is 386 g/mol. The number of anilines is 3. The maximum absolute atomic E-state index is 13.0. The fourth-order valence-corrected chi connectivity index (χ4v) is 3.81. The molecule has 0 spiro atoms. The number of fused-ring (bicyclic) bond motifs is 2. The third-order valence-corrected chi connectivity index (χ3v) is 4.89. The van der Waals surface area contributed by atoms with Crippen molar-refractivity contribution in [2.24, 2.45) is 0 Å². The number of nitrogens with one attached hydrogen (secondary N) is 2. The number of sulfonamides is 1. The van der Waals surface area contributed by atoms with E-state index in [1.165, 1.54) is 0 Å². The first-order valence-electron chi connectivity index (χ1n) is 8.55. The Morgan fingerprint density at radius 2 is 1.70 bits per heavy atom. The molecule has 27 heavy (non-hydrogen) atoms. The SMILES string of the molecule is C[NH+](C)CC(=O)N1c2ccccc2CCc2ccc(NS(C)(=O)=O)cc21.[Cl-]. The molecule has 0 unspecified atom stereocenters. The molecule has 0 saturated carbocycles. The van der Waals surface area contributed by atoms with Crippen LogP contribution in [0, 0.1) is 0 Å². The first-order valence-corrected chi connectivity index (χ1v) is 10.4. The molecule has 0 fully saturated rings. The lowest BCUT2D eigenvalue weighted by molar-refractivity contribution is -0.849. The van der Waals surface area contributed by atoms with Gasteiger partial charge in [-0.05, 0) is 42.2 Å². The lowest BCUT2D eigenvalue weighted by Crippen LogP contribution is -3.07. The number of quaternary nitrogens is 1. The van der Waals surface area contributed by atoms with E-state index in [0.29, 0.717) is 12.2 Å². The van der Waals surface area contributed by atoms with Crippen molar-refractivity contribution < 1.29 is 30.5 Å². The van der Waals surface area contributed by atoms with E-state index in [2.05, 4.69) is 4.72 Å². The summed E-state index contributed by atoms with van der Waals surface area (Å²) < 4.78 is 25.7. The van der Waals surface area contributed by atoms with Crippen LogP contribution < -0.4 is 26.9 Å². The topological polar surface area (TPSA) is 70.9 Å². The third kappa shape index (κ3) is 5.00. The number of para-hydroxylation sites is 1. The fourth-order valence-electron chi connectivity index (χ4n) is 3.25. The summed E-state index contributed by atoms with van der Waals surface area (Å²) >= 11 is 0. The second kappa shape index (κ2) is 8.29. The second-order valence-corrected chi connectivity index (χ2v) is 8.71. The van der Waals surface area contributed by atoms with Crippen LogP contribution in [0.1, 0.15) is 11.1 Å². The quantitative estimate of drug-likeness (QED) is 0.612. The first-order chi connectivity index (χ1) is 12.2. The van der Waals surface area contributed by atoms with Gasteiger partial charge in [-0.15, -0.1) is 0 Å². The van der Waals surface area contributed by atoms with E-state index in [-0.39, 0.29) is 18.3 Å². The molecule has 0 saturated heterocycles. The molecule has 1 amide bonds. The van der Waals surface area contributed by atoms with Crippen molar-refractivity contribution in [1.82, 2.24) is 0 Å². The van der Waals surface area contributed by atoms with Crippen LogP contribution in [0.5, 0.6) is 0 Å². The predicted octanol–water partition coefficient (Wildman–Crippen LogP) is -2.03. The van der Waals surface area contributed by atoms with Crippen molar-refractivity contribution in [1.29, 1.82) is 0 Å². The van der Waals surface area contributed by atoms with Gasteiger partial charge in [0, 0.05) is 0 Å². The van der Waals surface area contributed by atoms with E-state index >= 15 is 0 Å². The van der Waals surface area contributed by atoms with Crippen LogP contribution in [0.3, 0.4) is 0 Å². The minimum absolute atomic E-state index is 0. The van der Waals surface area contributed by atoms with Crippen LogP contribution in [-0.4, -0.2) is 41.2 Å². The number of hydrogen-bond acceptors (Lipinski definition) is 3. The average molecular weight is 410 g/mol. The Balaban J connectivity index is 0.00000261. The van der Waals surface area contributed by atoms with Gasteiger partial charge in [-0.25, -0.2) is 8.42 Å². The van der Waals surface area contributed by atoms with Gasteiger partial charge < -0.3 is 17.3 Å². The molecule has 3 rings (SSSR count). The Morgan fingerprint density at radius 1 is 1.07 bits per heavy atom. The standard InChI is InChI=1S/C19H23N3O3S.ClH/c1-21(2)13-19(23)22-17-7-5-4-6-14(17)8-9-15-10-11-16(12-18(15)22)20-26(3,24)25;/h4-7,10-12,20H,8-9,13H2,1-3H3;1H. The number of amides is 1. The summed E-state index contributed by atoms with van der Waals surface area (Å²) in [5.41, 5.74) is 4.22. The van der Waals surface area contributed by atoms with E-state index in [0.717, 1.165) is 46.5 Å². The van der Waals surface area contributed by atoms with Gasteiger partial charge in [0.25, 0.3) is 5.91 Å². The van der Waals surface area contributed by atoms with E-state index in [9.17, 15) is 13.2 Å². The van der Waals surface area contributed by atoms with Gasteiger partial charge in [0.15, 0.2) is 6.54 Å². The Morgan fingerprint density at radius 3 is 2.33 bits per heavy atom. The number of halogens is 1. The summed E-state index contributed by atoms with van der Waals surface area (Å²) in [4.78, 5) is 15.8. The average Bonchev–Trinajstić information content (AvgIpc) is 2.69. The number of hydrogen-bond donors (Lipinski definition) is 2. The van der Waals surface area contributed by atoms with Gasteiger partial charge in [0.1, 0.15) is 0 Å². The number of benzene rings is 2. The second-order valence-electron chi connectivity index (χ2n) is 6.96. The highest BCUT2D eigenvalue weighted by Crippen LogP contribution is 2.37. The zero-order chi connectivity index (χ0) is 18.9. The Bertz CT molecular complexity index is 945. The van der Waals surface area contributed by atoms with Gasteiger partial charge in [-0.2, -0.15) is 0 Å². The minimum atomic E-state index is -3.39. The smallest absolute Gasteiger partial charge is 0.286 e. The van der Waals surface area contributed by atoms with Gasteiger partial charge in [-0.3, -0.25) is 14.4 Å². The monoisotopic (exact) mass is 409 g/mol. The largest absolute Gasteiger partial charge is 1.00 e. The Labute approximate surface area is 166 Å². The van der Waals surface area contributed by atoms with Crippen molar-refractivity contribution in [2.75, 3.05) is 36.5 Å². The Hall–Kier alpha value is -2.09. The maximum atomic E-state index is 13.0. The van der Waals surface area contributed by atoms with Crippen LogP contribution in [0.2, 0.25) is 0 Å². The molecule has 1 heterocycles. The number of likely N-dealkylation sites (N-methyl/N-ethyl adjacent to an activating group) is 1. The van der Waals surface area contributed by atoms with E-state index in [4.69, 9.17) is 0 Å². The summed E-state index contributed by atoms with van der Waals surface area (Å²) in [6.07, 6.45) is 2.75. The van der Waals surface area contributed by atoms with Crippen LogP contribution in [-0.2, 0) is 27.7 Å². The summed E-state index contributed by atoms with van der Waals surface area (Å²) in [5.74, 6) is -0.0166. The summed E-state index contributed by atoms with van der Waals surface area (Å²) in [6.45, 7) is 0.345. The zero-order valence-electron chi connectivity index (χ0n) is 15.6. The van der Waals surface area contributed by atoms with Gasteiger partial charge in [0.05, 0.1) is 37.4 Å². The van der Waals surface area contributed by atoms with Crippen molar-refractivity contribution in [3.63, 3.8) is 0 Å². The van der Waals surface area contributed by atoms with Gasteiger partial charge >= 0.3 is 0 Å². The molecule has 146 valence electrons. The molecule has 1 aliphatic heterocycles. The molecule has 8 heteroatoms. The molecule has 0 radical (unpaired) electrons. The molecule has 2 aromatic rings. The van der Waals surface area contributed by atoms with Crippen LogP contribution in [0.15, 0.2) is 42.5 Å². The maximum Gasteiger partial charge on any atom is 0.286 e. The number of carbonyl (C=O) groups excluding carboxylic acids is 1. The highest BCUT2D eigenvalue weighted by molar-refractivity contribution is 7.92. The van der Waals surface area contributed by atoms with Crippen molar-refractivity contribution in [2.45, 2.75) is 12.8 Å². The number of rotatable bonds is 4. The van der Waals surface area contributed by atoms with Crippen LogP contribution in [0.25, 0.3) is 0 Å².